The predicted molar refractivity (Wildman–Crippen MR) is 121 cm³/mol. The Bertz CT molecular complexity index is 1290. The van der Waals surface area contributed by atoms with Gasteiger partial charge in [0.05, 0.1) is 15.3 Å². The molecule has 11 heteroatoms. The molecule has 6 nitrogen and oxygen atoms in total. The van der Waals surface area contributed by atoms with Crippen molar-refractivity contribution in [1.29, 1.82) is 0 Å². The molecule has 0 aliphatic heterocycles. The summed E-state index contributed by atoms with van der Waals surface area (Å²) in [7, 11) is -3.99. The van der Waals surface area contributed by atoms with E-state index in [0.717, 1.165) is 30.3 Å². The van der Waals surface area contributed by atoms with Gasteiger partial charge in [-0.15, -0.1) is 0 Å². The van der Waals surface area contributed by atoms with Gasteiger partial charge < -0.3 is 5.32 Å². The number of hydrogen-bond acceptors (Lipinski definition) is 4. The molecular formula is C22H16Cl2F2N2O4S. The van der Waals surface area contributed by atoms with Gasteiger partial charge in [0.1, 0.15) is 22.1 Å². The second kappa shape index (κ2) is 9.86. The number of nitrogens with one attached hydrogen (secondary N) is 2. The molecule has 0 radical (unpaired) electrons. The van der Waals surface area contributed by atoms with E-state index in [1.807, 2.05) is 0 Å². The highest BCUT2D eigenvalue weighted by molar-refractivity contribution is 7.91. The highest BCUT2D eigenvalue weighted by Crippen LogP contribution is 2.39. The Balaban J connectivity index is 1.81. The van der Waals surface area contributed by atoms with Crippen LogP contribution in [0, 0.1) is 11.6 Å². The number of halogens is 4. The summed E-state index contributed by atoms with van der Waals surface area (Å²) in [5, 5.41) is 2.53. The van der Waals surface area contributed by atoms with Crippen LogP contribution in [0.4, 0.5) is 19.3 Å². The third-order valence-electron chi connectivity index (χ3n) is 4.69. The van der Waals surface area contributed by atoms with Crippen LogP contribution in [0.5, 0.6) is 0 Å². The standard InChI is InChI=1S/C22H16Cl2F2N2O4S/c1-12(13-6-3-2-4-7-13)33(31,32)20-15(23)10-14(11-16(20)24)27-22(30)28-21(29)19-17(25)8-5-9-18(19)26/h2-12H,1H3,(H2,27,28,29,30). The number of benzene rings is 3. The summed E-state index contributed by atoms with van der Waals surface area (Å²) in [5.74, 6) is -3.60. The van der Waals surface area contributed by atoms with E-state index in [1.165, 1.54) is 6.92 Å². The van der Waals surface area contributed by atoms with E-state index in [-0.39, 0.29) is 20.6 Å². The number of rotatable bonds is 5. The van der Waals surface area contributed by atoms with Crippen molar-refractivity contribution in [2.75, 3.05) is 5.32 Å². The van der Waals surface area contributed by atoms with Gasteiger partial charge in [0.25, 0.3) is 5.91 Å². The summed E-state index contributed by atoms with van der Waals surface area (Å²) in [6, 6.07) is 12.4. The number of hydrogen-bond donors (Lipinski definition) is 2. The average molecular weight is 513 g/mol. The first-order valence-corrected chi connectivity index (χ1v) is 11.7. The molecule has 0 aliphatic carbocycles. The van der Waals surface area contributed by atoms with E-state index in [4.69, 9.17) is 23.2 Å². The van der Waals surface area contributed by atoms with Gasteiger partial charge in [-0.3, -0.25) is 10.1 Å². The minimum atomic E-state index is -3.99. The first kappa shape index (κ1) is 24.6. The van der Waals surface area contributed by atoms with Crippen molar-refractivity contribution in [1.82, 2.24) is 5.32 Å². The molecule has 2 N–H and O–H groups in total. The summed E-state index contributed by atoms with van der Waals surface area (Å²) in [5.41, 5.74) is -0.444. The molecule has 1 unspecified atom stereocenters. The summed E-state index contributed by atoms with van der Waals surface area (Å²) in [6.45, 7) is 1.49. The van der Waals surface area contributed by atoms with Crippen molar-refractivity contribution in [3.05, 3.63) is 93.5 Å². The van der Waals surface area contributed by atoms with E-state index < -0.39 is 44.2 Å². The van der Waals surface area contributed by atoms with Gasteiger partial charge in [0, 0.05) is 5.69 Å². The summed E-state index contributed by atoms with van der Waals surface area (Å²) in [4.78, 5) is 23.8. The molecule has 0 aromatic heterocycles. The summed E-state index contributed by atoms with van der Waals surface area (Å²) in [6.07, 6.45) is 0. The van der Waals surface area contributed by atoms with Crippen LogP contribution in [0.15, 0.2) is 65.6 Å². The average Bonchev–Trinajstić information content (AvgIpc) is 2.72. The molecule has 0 saturated heterocycles. The summed E-state index contributed by atoms with van der Waals surface area (Å²) < 4.78 is 53.6. The first-order valence-electron chi connectivity index (χ1n) is 9.36. The molecule has 3 aromatic carbocycles. The van der Waals surface area contributed by atoms with Crippen LogP contribution in [-0.2, 0) is 9.84 Å². The fourth-order valence-electron chi connectivity index (χ4n) is 3.03. The first-order chi connectivity index (χ1) is 15.5. The Kier molecular flexibility index (Phi) is 7.36. The Morgan fingerprint density at radius 3 is 2.00 bits per heavy atom. The maximum Gasteiger partial charge on any atom is 0.326 e. The van der Waals surface area contributed by atoms with Gasteiger partial charge in [-0.2, -0.15) is 0 Å². The normalized spacial score (nSPS) is 12.2. The quantitative estimate of drug-likeness (QED) is 0.453. The second-order valence-electron chi connectivity index (χ2n) is 6.87. The number of urea groups is 1. The zero-order valence-electron chi connectivity index (χ0n) is 16.9. The molecule has 0 bridgehead atoms. The molecule has 3 aromatic rings. The lowest BCUT2D eigenvalue weighted by Crippen LogP contribution is -2.35. The molecule has 0 fully saturated rings. The van der Waals surface area contributed by atoms with Gasteiger partial charge in [0.2, 0.25) is 0 Å². The SMILES string of the molecule is CC(c1ccccc1)S(=O)(=O)c1c(Cl)cc(NC(=O)NC(=O)c2c(F)cccc2F)cc1Cl. The van der Waals surface area contributed by atoms with Gasteiger partial charge in [0.15, 0.2) is 9.84 Å². The third kappa shape index (κ3) is 5.32. The van der Waals surface area contributed by atoms with Crippen molar-refractivity contribution >= 4 is 50.7 Å². The maximum absolute atomic E-state index is 13.7. The van der Waals surface area contributed by atoms with Gasteiger partial charge in [-0.25, -0.2) is 22.0 Å². The number of amides is 3. The van der Waals surface area contributed by atoms with Gasteiger partial charge in [-0.05, 0) is 36.8 Å². The minimum absolute atomic E-state index is 0.0457. The highest BCUT2D eigenvalue weighted by Gasteiger charge is 2.30. The molecule has 3 rings (SSSR count). The second-order valence-corrected chi connectivity index (χ2v) is 9.89. The van der Waals surface area contributed by atoms with Crippen LogP contribution in [0.25, 0.3) is 0 Å². The van der Waals surface area contributed by atoms with Crippen molar-refractivity contribution in [2.24, 2.45) is 0 Å². The number of carbonyl (C=O) groups excluding carboxylic acids is 2. The monoisotopic (exact) mass is 512 g/mol. The zero-order valence-corrected chi connectivity index (χ0v) is 19.2. The fraction of sp³-hybridized carbons (Fsp3) is 0.0909. The zero-order chi connectivity index (χ0) is 24.3. The molecule has 0 spiro atoms. The van der Waals surface area contributed by atoms with E-state index in [9.17, 15) is 26.8 Å². The van der Waals surface area contributed by atoms with Crippen LogP contribution in [0.1, 0.15) is 28.1 Å². The molecule has 33 heavy (non-hydrogen) atoms. The van der Waals surface area contributed by atoms with E-state index >= 15 is 0 Å². The molecular weight excluding hydrogens is 497 g/mol. The minimum Gasteiger partial charge on any atom is -0.308 e. The topological polar surface area (TPSA) is 92.3 Å². The Labute approximate surface area is 198 Å². The molecule has 1 atom stereocenters. The van der Waals surface area contributed by atoms with Crippen LogP contribution >= 0.6 is 23.2 Å². The van der Waals surface area contributed by atoms with Crippen LogP contribution in [0.2, 0.25) is 10.0 Å². The lowest BCUT2D eigenvalue weighted by molar-refractivity contribution is 0.0959. The van der Waals surface area contributed by atoms with Crippen molar-refractivity contribution in [2.45, 2.75) is 17.1 Å². The lowest BCUT2D eigenvalue weighted by Gasteiger charge is -2.17. The molecule has 0 heterocycles. The number of sulfone groups is 1. The van der Waals surface area contributed by atoms with E-state index in [1.54, 1.807) is 35.6 Å². The van der Waals surface area contributed by atoms with E-state index in [0.29, 0.717) is 5.56 Å². The molecule has 0 aliphatic rings. The molecule has 3 amide bonds. The number of imide groups is 1. The predicted octanol–water partition coefficient (Wildman–Crippen LogP) is 5.77. The van der Waals surface area contributed by atoms with Gasteiger partial charge in [-0.1, -0.05) is 59.6 Å². The van der Waals surface area contributed by atoms with Crippen molar-refractivity contribution < 1.29 is 26.8 Å². The molecule has 172 valence electrons. The summed E-state index contributed by atoms with van der Waals surface area (Å²) >= 11 is 12.4. The maximum atomic E-state index is 13.7. The van der Waals surface area contributed by atoms with Crippen molar-refractivity contribution in [3.8, 4) is 0 Å². The largest absolute Gasteiger partial charge is 0.326 e. The Hall–Kier alpha value is -3.01. The Morgan fingerprint density at radius 2 is 1.45 bits per heavy atom. The van der Waals surface area contributed by atoms with Crippen LogP contribution in [-0.4, -0.2) is 20.4 Å². The molecule has 0 saturated carbocycles. The number of carbonyl (C=O) groups is 2. The number of anilines is 1. The lowest BCUT2D eigenvalue weighted by atomic mass is 10.2. The smallest absolute Gasteiger partial charge is 0.308 e. The Morgan fingerprint density at radius 1 is 0.909 bits per heavy atom. The highest BCUT2D eigenvalue weighted by atomic mass is 35.5. The van der Waals surface area contributed by atoms with E-state index in [2.05, 4.69) is 5.32 Å². The van der Waals surface area contributed by atoms with Crippen LogP contribution in [0.3, 0.4) is 0 Å². The van der Waals surface area contributed by atoms with Crippen molar-refractivity contribution in [3.63, 3.8) is 0 Å². The van der Waals surface area contributed by atoms with Gasteiger partial charge >= 0.3 is 6.03 Å². The fourth-order valence-corrected chi connectivity index (χ4v) is 5.69. The van der Waals surface area contributed by atoms with Crippen LogP contribution < -0.4 is 10.6 Å². The third-order valence-corrected chi connectivity index (χ3v) is 7.72.